The second-order valence-electron chi connectivity index (χ2n) is 4.80. The summed E-state index contributed by atoms with van der Waals surface area (Å²) in [5.41, 5.74) is 0.281. The molecule has 0 aliphatic heterocycles. The fraction of sp³-hybridized carbons (Fsp3) is 0.571. The minimum atomic E-state index is -0.818. The molecule has 1 unspecified atom stereocenters. The Hall–Kier alpha value is -0.420. The molecule has 1 atom stereocenters. The van der Waals surface area contributed by atoms with E-state index < -0.39 is 5.60 Å². The van der Waals surface area contributed by atoms with E-state index in [4.69, 9.17) is 4.74 Å². The molecular formula is C14H22BrNO2. The van der Waals surface area contributed by atoms with E-state index in [9.17, 15) is 5.11 Å². The normalized spacial score (nSPS) is 14.4. The van der Waals surface area contributed by atoms with E-state index in [-0.39, 0.29) is 0 Å². The van der Waals surface area contributed by atoms with Crippen LogP contribution < -0.4 is 5.32 Å². The number of aliphatic hydroxyl groups is 1. The Morgan fingerprint density at radius 3 is 2.89 bits per heavy atom. The third-order valence-electron chi connectivity index (χ3n) is 2.50. The van der Waals surface area contributed by atoms with Gasteiger partial charge in [-0.3, -0.25) is 0 Å². The van der Waals surface area contributed by atoms with E-state index in [1.165, 1.54) is 0 Å². The van der Waals surface area contributed by atoms with Crippen molar-refractivity contribution in [2.24, 2.45) is 0 Å². The highest BCUT2D eigenvalue weighted by Crippen LogP contribution is 2.13. The Balaban J connectivity index is 2.27. The maximum Gasteiger partial charge on any atom is 0.0975 e. The van der Waals surface area contributed by atoms with Crippen molar-refractivity contribution in [1.29, 1.82) is 0 Å². The molecule has 0 fully saturated rings. The zero-order valence-corrected chi connectivity index (χ0v) is 12.7. The zero-order valence-electron chi connectivity index (χ0n) is 11.1. The van der Waals surface area contributed by atoms with Gasteiger partial charge in [0.25, 0.3) is 0 Å². The summed E-state index contributed by atoms with van der Waals surface area (Å²) in [6, 6.07) is 7.98. The van der Waals surface area contributed by atoms with E-state index in [0.29, 0.717) is 19.8 Å². The van der Waals surface area contributed by atoms with Crippen LogP contribution in [0.15, 0.2) is 28.7 Å². The first-order valence-corrected chi connectivity index (χ1v) is 7.08. The number of benzene rings is 1. The summed E-state index contributed by atoms with van der Waals surface area (Å²) < 4.78 is 6.60. The van der Waals surface area contributed by atoms with Crippen LogP contribution in [0.5, 0.6) is 0 Å². The van der Waals surface area contributed by atoms with E-state index in [1.807, 2.05) is 24.3 Å². The maximum absolute atomic E-state index is 10.1. The maximum atomic E-state index is 10.1. The van der Waals surface area contributed by atoms with Crippen molar-refractivity contribution < 1.29 is 9.84 Å². The molecule has 1 aromatic carbocycles. The monoisotopic (exact) mass is 315 g/mol. The molecule has 0 aliphatic rings. The first-order valence-electron chi connectivity index (χ1n) is 6.29. The van der Waals surface area contributed by atoms with Crippen LogP contribution in [0, 0.1) is 0 Å². The summed E-state index contributed by atoms with van der Waals surface area (Å²) in [5.74, 6) is 0. The molecule has 0 aromatic heterocycles. The summed E-state index contributed by atoms with van der Waals surface area (Å²) in [4.78, 5) is 0. The van der Waals surface area contributed by atoms with Crippen molar-refractivity contribution in [2.45, 2.75) is 32.5 Å². The lowest BCUT2D eigenvalue weighted by atomic mass is 10.1. The Morgan fingerprint density at radius 2 is 2.22 bits per heavy atom. The molecular weight excluding hydrogens is 294 g/mol. The highest BCUT2D eigenvalue weighted by molar-refractivity contribution is 9.10. The van der Waals surface area contributed by atoms with Gasteiger partial charge in [-0.05, 0) is 37.6 Å². The molecule has 0 spiro atoms. The van der Waals surface area contributed by atoms with Crippen LogP contribution in [0.2, 0.25) is 0 Å². The topological polar surface area (TPSA) is 41.5 Å². The lowest BCUT2D eigenvalue weighted by Crippen LogP contribution is -2.42. The Labute approximate surface area is 118 Å². The minimum Gasteiger partial charge on any atom is -0.386 e. The van der Waals surface area contributed by atoms with Crippen LogP contribution in [0.1, 0.15) is 25.8 Å². The molecule has 0 amide bonds. The van der Waals surface area contributed by atoms with E-state index in [2.05, 4.69) is 28.2 Å². The van der Waals surface area contributed by atoms with Crippen molar-refractivity contribution in [3.05, 3.63) is 34.3 Å². The van der Waals surface area contributed by atoms with Gasteiger partial charge in [0.05, 0.1) is 18.8 Å². The van der Waals surface area contributed by atoms with Gasteiger partial charge in [0.15, 0.2) is 0 Å². The number of nitrogens with one attached hydrogen (secondary N) is 1. The van der Waals surface area contributed by atoms with Gasteiger partial charge in [-0.1, -0.05) is 35.0 Å². The van der Waals surface area contributed by atoms with Crippen LogP contribution >= 0.6 is 15.9 Å². The molecule has 0 saturated heterocycles. The van der Waals surface area contributed by atoms with Gasteiger partial charge in [0.1, 0.15) is 0 Å². The van der Waals surface area contributed by atoms with Crippen LogP contribution in [-0.4, -0.2) is 30.4 Å². The predicted octanol–water partition coefficient (Wildman–Crippen LogP) is 2.72. The molecule has 1 rings (SSSR count). The number of rotatable bonds is 8. The number of halogens is 1. The lowest BCUT2D eigenvalue weighted by molar-refractivity contribution is -0.0378. The van der Waals surface area contributed by atoms with Crippen molar-refractivity contribution in [1.82, 2.24) is 5.32 Å². The number of ether oxygens (including phenoxy) is 1. The smallest absolute Gasteiger partial charge is 0.0975 e. The second kappa shape index (κ2) is 7.89. The molecule has 4 heteroatoms. The molecule has 18 heavy (non-hydrogen) atoms. The molecule has 2 N–H and O–H groups in total. The highest BCUT2D eigenvalue weighted by atomic mass is 79.9. The first-order chi connectivity index (χ1) is 8.53. The van der Waals surface area contributed by atoms with Crippen LogP contribution in [0.4, 0.5) is 0 Å². The fourth-order valence-corrected chi connectivity index (χ4v) is 2.05. The average molecular weight is 316 g/mol. The summed E-state index contributed by atoms with van der Waals surface area (Å²) in [7, 11) is 0. The number of hydrogen-bond acceptors (Lipinski definition) is 3. The highest BCUT2D eigenvalue weighted by Gasteiger charge is 2.19. The van der Waals surface area contributed by atoms with E-state index in [0.717, 1.165) is 23.0 Å². The van der Waals surface area contributed by atoms with Gasteiger partial charge >= 0.3 is 0 Å². The third kappa shape index (κ3) is 6.50. The van der Waals surface area contributed by atoms with Crippen molar-refractivity contribution in [3.63, 3.8) is 0 Å². The molecule has 102 valence electrons. The summed E-state index contributed by atoms with van der Waals surface area (Å²) >= 11 is 3.42. The van der Waals surface area contributed by atoms with Gasteiger partial charge < -0.3 is 15.2 Å². The summed E-state index contributed by atoms with van der Waals surface area (Å²) in [5, 5.41) is 13.3. The fourth-order valence-electron chi connectivity index (χ4n) is 1.60. The molecule has 0 heterocycles. The zero-order chi connectivity index (χ0) is 13.4. The SMILES string of the molecule is CCCNCC(C)(O)COCc1cccc(Br)c1. The minimum absolute atomic E-state index is 0.330. The molecule has 0 radical (unpaired) electrons. The van der Waals surface area contributed by atoms with E-state index >= 15 is 0 Å². The van der Waals surface area contributed by atoms with Crippen molar-refractivity contribution >= 4 is 15.9 Å². The molecule has 0 aliphatic carbocycles. The van der Waals surface area contributed by atoms with Gasteiger partial charge in [0.2, 0.25) is 0 Å². The molecule has 3 nitrogen and oxygen atoms in total. The Kier molecular flexibility index (Phi) is 6.86. The summed E-state index contributed by atoms with van der Waals surface area (Å²) in [6.45, 7) is 6.21. The summed E-state index contributed by atoms with van der Waals surface area (Å²) in [6.07, 6.45) is 1.06. The van der Waals surface area contributed by atoms with Crippen LogP contribution in [-0.2, 0) is 11.3 Å². The van der Waals surface area contributed by atoms with Crippen LogP contribution in [0.25, 0.3) is 0 Å². The largest absolute Gasteiger partial charge is 0.386 e. The Morgan fingerprint density at radius 1 is 1.44 bits per heavy atom. The Bertz CT molecular complexity index is 355. The lowest BCUT2D eigenvalue weighted by Gasteiger charge is -2.23. The van der Waals surface area contributed by atoms with Crippen molar-refractivity contribution in [3.8, 4) is 0 Å². The molecule has 0 bridgehead atoms. The van der Waals surface area contributed by atoms with Gasteiger partial charge in [0, 0.05) is 11.0 Å². The van der Waals surface area contributed by atoms with Crippen LogP contribution in [0.3, 0.4) is 0 Å². The molecule has 0 saturated carbocycles. The first kappa shape index (κ1) is 15.6. The standard InChI is InChI=1S/C14H22BrNO2/c1-3-7-16-10-14(2,17)11-18-9-12-5-4-6-13(15)8-12/h4-6,8,16-17H,3,7,9-11H2,1-2H3. The predicted molar refractivity (Wildman–Crippen MR) is 77.6 cm³/mol. The average Bonchev–Trinajstić information content (AvgIpc) is 2.29. The van der Waals surface area contributed by atoms with Gasteiger partial charge in [-0.2, -0.15) is 0 Å². The van der Waals surface area contributed by atoms with Crippen molar-refractivity contribution in [2.75, 3.05) is 19.7 Å². The molecule has 1 aromatic rings. The van der Waals surface area contributed by atoms with E-state index in [1.54, 1.807) is 6.92 Å². The number of hydrogen-bond donors (Lipinski definition) is 2. The third-order valence-corrected chi connectivity index (χ3v) is 3.00. The van der Waals surface area contributed by atoms with Gasteiger partial charge in [-0.15, -0.1) is 0 Å². The van der Waals surface area contributed by atoms with Gasteiger partial charge in [-0.25, -0.2) is 0 Å². The quantitative estimate of drug-likeness (QED) is 0.725. The second-order valence-corrected chi connectivity index (χ2v) is 5.71.